The summed E-state index contributed by atoms with van der Waals surface area (Å²) >= 11 is 1.66. The molecule has 2 amide bonds. The van der Waals surface area contributed by atoms with Gasteiger partial charge in [0.1, 0.15) is 6.04 Å². The number of hydrogen-bond donors (Lipinski definition) is 1. The van der Waals surface area contributed by atoms with E-state index in [-0.39, 0.29) is 23.8 Å². The van der Waals surface area contributed by atoms with Gasteiger partial charge in [0.25, 0.3) is 0 Å². The van der Waals surface area contributed by atoms with Crippen molar-refractivity contribution in [2.75, 3.05) is 16.9 Å². The quantitative estimate of drug-likeness (QED) is 0.934. The van der Waals surface area contributed by atoms with Gasteiger partial charge in [-0.1, -0.05) is 24.6 Å². The second-order valence-electron chi connectivity index (χ2n) is 5.76. The highest BCUT2D eigenvalue weighted by atomic mass is 32.2. The van der Waals surface area contributed by atoms with E-state index in [0.29, 0.717) is 11.6 Å². The molecule has 1 N–H and O–H groups in total. The van der Waals surface area contributed by atoms with Gasteiger partial charge in [-0.15, -0.1) is 11.8 Å². The van der Waals surface area contributed by atoms with Crippen LogP contribution in [-0.4, -0.2) is 34.4 Å². The first kappa shape index (κ1) is 14.4. The summed E-state index contributed by atoms with van der Waals surface area (Å²) in [4.78, 5) is 26.7. The van der Waals surface area contributed by atoms with Gasteiger partial charge in [-0.05, 0) is 31.4 Å². The Bertz CT molecular complexity index is 557. The van der Waals surface area contributed by atoms with Crippen molar-refractivity contribution >= 4 is 29.3 Å². The maximum atomic E-state index is 12.5. The minimum atomic E-state index is -0.331. The molecule has 0 bridgehead atoms. The van der Waals surface area contributed by atoms with Crippen molar-refractivity contribution in [2.24, 2.45) is 5.92 Å². The molecule has 3 rings (SSSR count). The number of nitrogens with one attached hydrogen (secondary N) is 1. The predicted molar refractivity (Wildman–Crippen MR) is 85.1 cm³/mol. The predicted octanol–water partition coefficient (Wildman–Crippen LogP) is 2.64. The molecule has 0 spiro atoms. The summed E-state index contributed by atoms with van der Waals surface area (Å²) in [5.74, 6) is 1.58. The Morgan fingerprint density at radius 1 is 1.29 bits per heavy atom. The van der Waals surface area contributed by atoms with Crippen LogP contribution in [0.15, 0.2) is 24.3 Å². The Morgan fingerprint density at radius 2 is 2.05 bits per heavy atom. The highest BCUT2D eigenvalue weighted by Gasteiger charge is 2.39. The Hall–Kier alpha value is -1.49. The van der Waals surface area contributed by atoms with Crippen LogP contribution < -0.4 is 5.32 Å². The number of carbonyl (C=O) groups is 2. The third-order valence-electron chi connectivity index (χ3n) is 4.33. The summed E-state index contributed by atoms with van der Waals surface area (Å²) in [6.45, 7) is 1.97. The van der Waals surface area contributed by atoms with Crippen LogP contribution in [0.1, 0.15) is 24.8 Å². The number of aryl methyl sites for hydroxylation is 1. The van der Waals surface area contributed by atoms with Gasteiger partial charge in [-0.25, -0.2) is 0 Å². The van der Waals surface area contributed by atoms with E-state index in [4.69, 9.17) is 0 Å². The maximum Gasteiger partial charge on any atom is 0.248 e. The first-order chi connectivity index (χ1) is 10.2. The van der Waals surface area contributed by atoms with Crippen molar-refractivity contribution in [1.82, 2.24) is 4.90 Å². The molecule has 1 aromatic rings. The van der Waals surface area contributed by atoms with Gasteiger partial charge in [-0.2, -0.15) is 0 Å². The summed E-state index contributed by atoms with van der Waals surface area (Å²) in [5.41, 5.74) is 1.86. The van der Waals surface area contributed by atoms with E-state index in [1.54, 1.807) is 16.7 Å². The number of para-hydroxylation sites is 1. The number of rotatable bonds is 3. The van der Waals surface area contributed by atoms with E-state index in [9.17, 15) is 9.59 Å². The van der Waals surface area contributed by atoms with Crippen LogP contribution in [0, 0.1) is 12.8 Å². The van der Waals surface area contributed by atoms with Crippen molar-refractivity contribution in [2.45, 2.75) is 32.2 Å². The van der Waals surface area contributed by atoms with Gasteiger partial charge < -0.3 is 10.2 Å². The number of benzene rings is 1. The fraction of sp³-hybridized carbons (Fsp3) is 0.500. The SMILES string of the molecule is Cc1ccccc1NC(=O)[C@H]1CSCN1C(=O)C1CCC1. The first-order valence-corrected chi connectivity index (χ1v) is 8.57. The van der Waals surface area contributed by atoms with Crippen molar-refractivity contribution in [3.8, 4) is 0 Å². The minimum absolute atomic E-state index is 0.0676. The molecule has 1 aromatic carbocycles. The number of nitrogens with zero attached hydrogens (tertiary/aromatic N) is 1. The third-order valence-corrected chi connectivity index (χ3v) is 5.34. The molecular formula is C16H20N2O2S. The summed E-state index contributed by atoms with van der Waals surface area (Å²) < 4.78 is 0. The highest BCUT2D eigenvalue weighted by molar-refractivity contribution is 7.99. The number of hydrogen-bond acceptors (Lipinski definition) is 3. The van der Waals surface area contributed by atoms with Gasteiger partial charge in [0, 0.05) is 17.4 Å². The van der Waals surface area contributed by atoms with Gasteiger partial charge in [0.15, 0.2) is 0 Å². The number of amides is 2. The molecule has 1 saturated carbocycles. The molecule has 2 aliphatic rings. The Labute approximate surface area is 129 Å². The number of anilines is 1. The maximum absolute atomic E-state index is 12.5. The molecule has 21 heavy (non-hydrogen) atoms. The van der Waals surface area contributed by atoms with Crippen LogP contribution >= 0.6 is 11.8 Å². The number of carbonyl (C=O) groups excluding carboxylic acids is 2. The fourth-order valence-corrected chi connectivity index (χ4v) is 3.86. The van der Waals surface area contributed by atoms with Gasteiger partial charge in [0.05, 0.1) is 5.88 Å². The van der Waals surface area contributed by atoms with Gasteiger partial charge in [0.2, 0.25) is 11.8 Å². The fourth-order valence-electron chi connectivity index (χ4n) is 2.70. The zero-order valence-corrected chi connectivity index (χ0v) is 13.0. The largest absolute Gasteiger partial charge is 0.324 e. The molecule has 4 nitrogen and oxygen atoms in total. The van der Waals surface area contributed by atoms with Crippen LogP contribution in [0.4, 0.5) is 5.69 Å². The molecule has 1 atom stereocenters. The molecule has 5 heteroatoms. The van der Waals surface area contributed by atoms with Crippen LogP contribution in [0.25, 0.3) is 0 Å². The second-order valence-corrected chi connectivity index (χ2v) is 6.76. The Balaban J connectivity index is 1.68. The standard InChI is InChI=1S/C16H20N2O2S/c1-11-5-2-3-8-13(11)17-15(19)14-9-21-10-18(14)16(20)12-6-4-7-12/h2-3,5,8,12,14H,4,6-7,9-10H2,1H3,(H,17,19)/t14-/m1/s1. The molecule has 1 saturated heterocycles. The third kappa shape index (κ3) is 2.93. The normalized spacial score (nSPS) is 22.0. The Morgan fingerprint density at radius 3 is 2.71 bits per heavy atom. The molecule has 0 radical (unpaired) electrons. The van der Waals surface area contributed by atoms with Crippen molar-refractivity contribution in [3.05, 3.63) is 29.8 Å². The lowest BCUT2D eigenvalue weighted by atomic mass is 9.84. The molecular weight excluding hydrogens is 284 g/mol. The van der Waals surface area contributed by atoms with Crippen LogP contribution in [0.2, 0.25) is 0 Å². The summed E-state index contributed by atoms with van der Waals surface area (Å²) in [5, 5.41) is 2.97. The average Bonchev–Trinajstić information content (AvgIpc) is 2.88. The molecule has 2 fully saturated rings. The first-order valence-electron chi connectivity index (χ1n) is 7.41. The average molecular weight is 304 g/mol. The van der Waals surface area contributed by atoms with E-state index in [2.05, 4.69) is 5.32 Å². The minimum Gasteiger partial charge on any atom is -0.324 e. The van der Waals surface area contributed by atoms with Crippen molar-refractivity contribution in [3.63, 3.8) is 0 Å². The van der Waals surface area contributed by atoms with E-state index in [0.717, 1.165) is 30.5 Å². The van der Waals surface area contributed by atoms with Gasteiger partial charge >= 0.3 is 0 Å². The highest BCUT2D eigenvalue weighted by Crippen LogP contribution is 2.32. The van der Waals surface area contributed by atoms with E-state index in [1.807, 2.05) is 31.2 Å². The molecule has 0 aromatic heterocycles. The van der Waals surface area contributed by atoms with Crippen LogP contribution in [0.3, 0.4) is 0 Å². The van der Waals surface area contributed by atoms with E-state index < -0.39 is 0 Å². The van der Waals surface area contributed by atoms with E-state index in [1.165, 1.54) is 0 Å². The number of thioether (sulfide) groups is 1. The second kappa shape index (κ2) is 6.10. The zero-order valence-electron chi connectivity index (χ0n) is 12.2. The molecule has 1 heterocycles. The summed E-state index contributed by atoms with van der Waals surface area (Å²) in [6.07, 6.45) is 3.09. The van der Waals surface area contributed by atoms with Crippen LogP contribution in [0.5, 0.6) is 0 Å². The van der Waals surface area contributed by atoms with Gasteiger partial charge in [-0.3, -0.25) is 9.59 Å². The molecule has 112 valence electrons. The van der Waals surface area contributed by atoms with Crippen molar-refractivity contribution < 1.29 is 9.59 Å². The lowest BCUT2D eigenvalue weighted by Gasteiger charge is -2.31. The molecule has 1 aliphatic carbocycles. The molecule has 0 unspecified atom stereocenters. The lowest BCUT2D eigenvalue weighted by molar-refractivity contribution is -0.141. The molecule has 1 aliphatic heterocycles. The van der Waals surface area contributed by atoms with Crippen LogP contribution in [-0.2, 0) is 9.59 Å². The van der Waals surface area contributed by atoms with E-state index >= 15 is 0 Å². The Kier molecular flexibility index (Phi) is 4.19. The summed E-state index contributed by atoms with van der Waals surface area (Å²) in [7, 11) is 0. The lowest BCUT2D eigenvalue weighted by Crippen LogP contribution is -2.47. The van der Waals surface area contributed by atoms with Crippen molar-refractivity contribution in [1.29, 1.82) is 0 Å². The zero-order chi connectivity index (χ0) is 14.8. The summed E-state index contributed by atoms with van der Waals surface area (Å²) in [6, 6.07) is 7.39. The smallest absolute Gasteiger partial charge is 0.248 e. The monoisotopic (exact) mass is 304 g/mol. The topological polar surface area (TPSA) is 49.4 Å².